The van der Waals surface area contributed by atoms with Gasteiger partial charge in [-0.2, -0.15) is 0 Å². The zero-order chi connectivity index (χ0) is 7.03. The van der Waals surface area contributed by atoms with Gasteiger partial charge in [0.05, 0.1) is 0 Å². The van der Waals surface area contributed by atoms with Gasteiger partial charge in [-0.15, -0.1) is 0 Å². The predicted octanol–water partition coefficient (Wildman–Crippen LogP) is 0.862. The number of ether oxygens (including phenoxy) is 1. The molecule has 0 bridgehead atoms. The Morgan fingerprint density at radius 1 is 1.30 bits per heavy atom. The Labute approximate surface area is 59.1 Å². The van der Waals surface area contributed by atoms with Crippen LogP contribution >= 0.6 is 0 Å². The fourth-order valence-electron chi connectivity index (χ4n) is 0.934. The van der Waals surface area contributed by atoms with E-state index in [0.717, 1.165) is 5.56 Å². The highest BCUT2D eigenvalue weighted by molar-refractivity contribution is 5.22. The molecule has 0 aliphatic carbocycles. The highest BCUT2D eigenvalue weighted by Crippen LogP contribution is 2.34. The summed E-state index contributed by atoms with van der Waals surface area (Å²) in [6, 6.07) is 9.39. The Kier molecular flexibility index (Phi) is 1.07. The van der Waals surface area contributed by atoms with Gasteiger partial charge in [0.1, 0.15) is 6.61 Å². The number of rotatable bonds is 1. The standard InChI is InChI=1S/C8H8O2/c9-8(6-10-8)7-4-2-1-3-5-7/h1-5,9H,6H2/t8-/m0/s1. The normalized spacial score (nSPS) is 30.1. The van der Waals surface area contributed by atoms with E-state index >= 15 is 0 Å². The molecule has 0 aromatic heterocycles. The van der Waals surface area contributed by atoms with Gasteiger partial charge in [-0.05, 0) is 0 Å². The largest absolute Gasteiger partial charge is 0.360 e. The minimum absolute atomic E-state index is 0.428. The number of epoxide rings is 1. The SMILES string of the molecule is O[C@@]1(c2ccccc2)CO1. The minimum atomic E-state index is -0.957. The predicted molar refractivity (Wildman–Crippen MR) is 36.3 cm³/mol. The van der Waals surface area contributed by atoms with Crippen molar-refractivity contribution >= 4 is 0 Å². The van der Waals surface area contributed by atoms with Gasteiger partial charge in [0, 0.05) is 5.56 Å². The van der Waals surface area contributed by atoms with E-state index in [-0.39, 0.29) is 0 Å². The van der Waals surface area contributed by atoms with Crippen LogP contribution < -0.4 is 0 Å². The number of hydrogen-bond acceptors (Lipinski definition) is 2. The molecule has 2 heteroatoms. The zero-order valence-corrected chi connectivity index (χ0v) is 5.45. The van der Waals surface area contributed by atoms with E-state index in [4.69, 9.17) is 4.74 Å². The van der Waals surface area contributed by atoms with Crippen LogP contribution in [0.5, 0.6) is 0 Å². The van der Waals surface area contributed by atoms with Crippen LogP contribution in [0.15, 0.2) is 30.3 Å². The van der Waals surface area contributed by atoms with E-state index in [1.165, 1.54) is 0 Å². The molecule has 10 heavy (non-hydrogen) atoms. The summed E-state index contributed by atoms with van der Waals surface area (Å²) < 4.78 is 4.84. The molecule has 1 fully saturated rings. The summed E-state index contributed by atoms with van der Waals surface area (Å²) in [7, 11) is 0. The Morgan fingerprint density at radius 3 is 2.40 bits per heavy atom. The quantitative estimate of drug-likeness (QED) is 0.581. The molecule has 0 spiro atoms. The van der Waals surface area contributed by atoms with Gasteiger partial charge < -0.3 is 9.84 Å². The van der Waals surface area contributed by atoms with Crippen molar-refractivity contribution in [2.75, 3.05) is 6.61 Å². The Morgan fingerprint density at radius 2 is 1.90 bits per heavy atom. The summed E-state index contributed by atoms with van der Waals surface area (Å²) in [5, 5.41) is 9.38. The van der Waals surface area contributed by atoms with Crippen LogP contribution in [0.3, 0.4) is 0 Å². The summed E-state index contributed by atoms with van der Waals surface area (Å²) in [6.07, 6.45) is 0. The highest BCUT2D eigenvalue weighted by Gasteiger charge is 2.44. The van der Waals surface area contributed by atoms with Crippen LogP contribution in [0.1, 0.15) is 5.56 Å². The second kappa shape index (κ2) is 1.81. The summed E-state index contributed by atoms with van der Waals surface area (Å²) >= 11 is 0. The first-order valence-electron chi connectivity index (χ1n) is 3.23. The van der Waals surface area contributed by atoms with E-state index in [2.05, 4.69) is 0 Å². The van der Waals surface area contributed by atoms with Crippen molar-refractivity contribution in [3.63, 3.8) is 0 Å². The monoisotopic (exact) mass is 136 g/mol. The molecule has 1 N–H and O–H groups in total. The maximum absolute atomic E-state index is 9.38. The lowest BCUT2D eigenvalue weighted by molar-refractivity contribution is 0.0334. The summed E-state index contributed by atoms with van der Waals surface area (Å²) in [6.45, 7) is 0.428. The first-order valence-corrected chi connectivity index (χ1v) is 3.23. The molecule has 1 aromatic carbocycles. The lowest BCUT2D eigenvalue weighted by Gasteiger charge is -2.01. The van der Waals surface area contributed by atoms with Gasteiger partial charge in [0.15, 0.2) is 0 Å². The van der Waals surface area contributed by atoms with Gasteiger partial charge >= 0.3 is 0 Å². The van der Waals surface area contributed by atoms with Gasteiger partial charge in [0.2, 0.25) is 5.79 Å². The second-order valence-corrected chi connectivity index (χ2v) is 2.44. The highest BCUT2D eigenvalue weighted by atomic mass is 16.7. The van der Waals surface area contributed by atoms with Crippen LogP contribution in [0, 0.1) is 0 Å². The van der Waals surface area contributed by atoms with Crippen molar-refractivity contribution in [3.05, 3.63) is 35.9 Å². The zero-order valence-electron chi connectivity index (χ0n) is 5.45. The van der Waals surface area contributed by atoms with Crippen molar-refractivity contribution in [2.45, 2.75) is 5.79 Å². The lowest BCUT2D eigenvalue weighted by Crippen LogP contribution is -2.05. The van der Waals surface area contributed by atoms with Crippen molar-refractivity contribution in [1.29, 1.82) is 0 Å². The second-order valence-electron chi connectivity index (χ2n) is 2.44. The molecule has 52 valence electrons. The first kappa shape index (κ1) is 5.89. The topological polar surface area (TPSA) is 32.8 Å². The Hall–Kier alpha value is -0.860. The molecule has 0 radical (unpaired) electrons. The van der Waals surface area contributed by atoms with E-state index in [9.17, 15) is 5.11 Å². The molecule has 0 saturated carbocycles. The van der Waals surface area contributed by atoms with Gasteiger partial charge in [-0.3, -0.25) is 0 Å². The third kappa shape index (κ3) is 0.818. The van der Waals surface area contributed by atoms with E-state index in [1.54, 1.807) is 0 Å². The molecule has 0 amide bonds. The maximum atomic E-state index is 9.38. The van der Waals surface area contributed by atoms with E-state index in [0.29, 0.717) is 6.61 Å². The van der Waals surface area contributed by atoms with Crippen LogP contribution in [0.2, 0.25) is 0 Å². The number of aliphatic hydroxyl groups is 1. The van der Waals surface area contributed by atoms with Crippen LogP contribution in [0.4, 0.5) is 0 Å². The Bertz CT molecular complexity index is 226. The average Bonchev–Trinajstić information content (AvgIpc) is 2.72. The molecule has 1 aliphatic rings. The molecule has 1 heterocycles. The van der Waals surface area contributed by atoms with Crippen LogP contribution in [-0.4, -0.2) is 11.7 Å². The van der Waals surface area contributed by atoms with Gasteiger partial charge in [0.25, 0.3) is 0 Å². The van der Waals surface area contributed by atoms with Crippen molar-refractivity contribution < 1.29 is 9.84 Å². The third-order valence-corrected chi connectivity index (χ3v) is 1.64. The molecule has 1 aliphatic heterocycles. The molecule has 1 aromatic rings. The van der Waals surface area contributed by atoms with Gasteiger partial charge in [-0.25, -0.2) is 0 Å². The van der Waals surface area contributed by atoms with Crippen molar-refractivity contribution in [1.82, 2.24) is 0 Å². The molecular formula is C8H8O2. The smallest absolute Gasteiger partial charge is 0.217 e. The van der Waals surface area contributed by atoms with Crippen LogP contribution in [-0.2, 0) is 10.5 Å². The van der Waals surface area contributed by atoms with Gasteiger partial charge in [-0.1, -0.05) is 30.3 Å². The molecular weight excluding hydrogens is 128 g/mol. The molecule has 2 nitrogen and oxygen atoms in total. The van der Waals surface area contributed by atoms with E-state index < -0.39 is 5.79 Å². The molecule has 0 unspecified atom stereocenters. The Balaban J connectivity index is 2.35. The van der Waals surface area contributed by atoms with Crippen molar-refractivity contribution in [2.24, 2.45) is 0 Å². The third-order valence-electron chi connectivity index (χ3n) is 1.64. The van der Waals surface area contributed by atoms with Crippen LogP contribution in [0.25, 0.3) is 0 Å². The summed E-state index contributed by atoms with van der Waals surface area (Å²) in [5.41, 5.74) is 0.843. The fraction of sp³-hybridized carbons (Fsp3) is 0.250. The fourth-order valence-corrected chi connectivity index (χ4v) is 0.934. The van der Waals surface area contributed by atoms with Crippen molar-refractivity contribution in [3.8, 4) is 0 Å². The minimum Gasteiger partial charge on any atom is -0.360 e. The first-order chi connectivity index (χ1) is 4.81. The maximum Gasteiger partial charge on any atom is 0.217 e. The number of hydrogen-bond donors (Lipinski definition) is 1. The molecule has 1 saturated heterocycles. The molecule has 2 rings (SSSR count). The van der Waals surface area contributed by atoms with E-state index in [1.807, 2.05) is 30.3 Å². The number of benzene rings is 1. The average molecular weight is 136 g/mol. The summed E-state index contributed by atoms with van der Waals surface area (Å²) in [5.74, 6) is -0.957. The molecule has 1 atom stereocenters. The lowest BCUT2D eigenvalue weighted by atomic mass is 10.1. The summed E-state index contributed by atoms with van der Waals surface area (Å²) in [4.78, 5) is 0.